The van der Waals surface area contributed by atoms with Gasteiger partial charge in [0.25, 0.3) is 0 Å². The van der Waals surface area contributed by atoms with E-state index in [0.717, 1.165) is 17.0 Å². The van der Waals surface area contributed by atoms with E-state index < -0.39 is 0 Å². The van der Waals surface area contributed by atoms with Crippen molar-refractivity contribution in [3.05, 3.63) is 59.9 Å². The Balaban J connectivity index is 1.85. The van der Waals surface area contributed by atoms with Crippen LogP contribution in [0.15, 0.2) is 53.6 Å². The third-order valence-electron chi connectivity index (χ3n) is 3.07. The highest BCUT2D eigenvalue weighted by Gasteiger charge is 2.00. The molecule has 0 unspecified atom stereocenters. The Morgan fingerprint density at radius 1 is 1.13 bits per heavy atom. The van der Waals surface area contributed by atoms with E-state index >= 15 is 0 Å². The van der Waals surface area contributed by atoms with Crippen molar-refractivity contribution in [2.45, 2.75) is 13.3 Å². The summed E-state index contributed by atoms with van der Waals surface area (Å²) >= 11 is 5.15. The Hall–Kier alpha value is -2.47. The second-order valence-electron chi connectivity index (χ2n) is 4.94. The Morgan fingerprint density at radius 2 is 1.78 bits per heavy atom. The molecule has 2 N–H and O–H groups in total. The largest absolute Gasteiger partial charge is 0.497 e. The van der Waals surface area contributed by atoms with Crippen molar-refractivity contribution in [3.63, 3.8) is 0 Å². The summed E-state index contributed by atoms with van der Waals surface area (Å²) in [4.78, 5) is 0. The number of halogens is 1. The Bertz CT molecular complexity index is 684. The van der Waals surface area contributed by atoms with E-state index in [-0.39, 0.29) is 5.82 Å². The maximum absolute atomic E-state index is 12.8. The summed E-state index contributed by atoms with van der Waals surface area (Å²) in [7, 11) is 1.64. The van der Waals surface area contributed by atoms with Gasteiger partial charge in [0, 0.05) is 17.8 Å². The molecule has 0 fully saturated rings. The van der Waals surface area contributed by atoms with Gasteiger partial charge in [0.15, 0.2) is 5.11 Å². The summed E-state index contributed by atoms with van der Waals surface area (Å²) in [6, 6.07) is 13.8. The normalized spacial score (nSPS) is 11.0. The molecule has 0 bridgehead atoms. The molecule has 0 saturated carbocycles. The highest BCUT2D eigenvalue weighted by Crippen LogP contribution is 2.12. The number of benzene rings is 2. The van der Waals surface area contributed by atoms with Gasteiger partial charge < -0.3 is 10.1 Å². The van der Waals surface area contributed by atoms with Crippen molar-refractivity contribution in [1.82, 2.24) is 5.43 Å². The van der Waals surface area contributed by atoms with E-state index in [9.17, 15) is 4.39 Å². The summed E-state index contributed by atoms with van der Waals surface area (Å²) in [5.41, 5.74) is 5.50. The molecule has 4 nitrogen and oxygen atoms in total. The summed E-state index contributed by atoms with van der Waals surface area (Å²) in [6.07, 6.45) is 0.705. The van der Waals surface area contributed by atoms with Crippen molar-refractivity contribution in [3.8, 4) is 5.75 Å². The van der Waals surface area contributed by atoms with Crippen molar-refractivity contribution < 1.29 is 9.13 Å². The Morgan fingerprint density at radius 3 is 2.39 bits per heavy atom. The molecule has 0 aliphatic heterocycles. The van der Waals surface area contributed by atoms with Crippen LogP contribution in [0.2, 0.25) is 0 Å². The third-order valence-corrected chi connectivity index (χ3v) is 3.26. The lowest BCUT2D eigenvalue weighted by molar-refractivity contribution is 0.414. The molecule has 120 valence electrons. The number of hydrazone groups is 1. The fraction of sp³-hybridized carbons (Fsp3) is 0.176. The lowest BCUT2D eigenvalue weighted by Crippen LogP contribution is -2.25. The highest BCUT2D eigenvalue weighted by atomic mass is 32.1. The van der Waals surface area contributed by atoms with E-state index in [4.69, 9.17) is 17.0 Å². The molecule has 0 spiro atoms. The molecule has 0 amide bonds. The van der Waals surface area contributed by atoms with Gasteiger partial charge in [-0.2, -0.15) is 5.10 Å². The van der Waals surface area contributed by atoms with Crippen molar-refractivity contribution in [2.24, 2.45) is 5.10 Å². The van der Waals surface area contributed by atoms with E-state index in [0.29, 0.717) is 17.2 Å². The Kier molecular flexibility index (Phi) is 6.05. The number of methoxy groups -OCH3 is 1. The minimum absolute atomic E-state index is 0.289. The molecule has 0 atom stereocenters. The first-order valence-electron chi connectivity index (χ1n) is 7.05. The maximum atomic E-state index is 12.8. The lowest BCUT2D eigenvalue weighted by atomic mass is 10.1. The topological polar surface area (TPSA) is 45.6 Å². The van der Waals surface area contributed by atoms with Crippen LogP contribution >= 0.6 is 12.2 Å². The zero-order valence-corrected chi connectivity index (χ0v) is 13.8. The van der Waals surface area contributed by atoms with Crippen LogP contribution in [0.25, 0.3) is 0 Å². The molecule has 0 saturated heterocycles. The minimum atomic E-state index is -0.289. The van der Waals surface area contributed by atoms with Gasteiger partial charge in [-0.3, -0.25) is 5.43 Å². The lowest BCUT2D eigenvalue weighted by Gasteiger charge is -2.08. The summed E-state index contributed by atoms with van der Waals surface area (Å²) in [6.45, 7) is 1.91. The van der Waals surface area contributed by atoms with Crippen molar-refractivity contribution in [2.75, 3.05) is 12.4 Å². The first-order chi connectivity index (χ1) is 11.1. The molecule has 6 heteroatoms. The van der Waals surface area contributed by atoms with Gasteiger partial charge in [0.2, 0.25) is 0 Å². The zero-order valence-electron chi connectivity index (χ0n) is 13.0. The SMILES string of the molecule is COc1ccc(C/C(C)=N\NC(=S)Nc2ccc(F)cc2)cc1. The van der Waals surface area contributed by atoms with Crippen LogP contribution in [0.3, 0.4) is 0 Å². The summed E-state index contributed by atoms with van der Waals surface area (Å²) < 4.78 is 18.0. The minimum Gasteiger partial charge on any atom is -0.497 e. The summed E-state index contributed by atoms with van der Waals surface area (Å²) in [5.74, 6) is 0.536. The number of nitrogens with one attached hydrogen (secondary N) is 2. The molecule has 0 radical (unpaired) electrons. The maximum Gasteiger partial charge on any atom is 0.191 e. The van der Waals surface area contributed by atoms with Crippen molar-refractivity contribution >= 4 is 28.7 Å². The monoisotopic (exact) mass is 331 g/mol. The molecule has 2 aromatic carbocycles. The molecule has 0 aliphatic rings. The van der Waals surface area contributed by atoms with Crippen LogP contribution in [0, 0.1) is 5.82 Å². The molecular weight excluding hydrogens is 313 g/mol. The van der Waals surface area contributed by atoms with Gasteiger partial charge >= 0.3 is 0 Å². The van der Waals surface area contributed by atoms with Gasteiger partial charge in [-0.1, -0.05) is 12.1 Å². The van der Waals surface area contributed by atoms with Gasteiger partial charge in [0.1, 0.15) is 11.6 Å². The van der Waals surface area contributed by atoms with E-state index in [2.05, 4.69) is 15.8 Å². The second-order valence-corrected chi connectivity index (χ2v) is 5.35. The van der Waals surface area contributed by atoms with E-state index in [1.807, 2.05) is 31.2 Å². The first kappa shape index (κ1) is 16.9. The van der Waals surface area contributed by atoms with Crippen LogP contribution in [0.4, 0.5) is 10.1 Å². The smallest absolute Gasteiger partial charge is 0.191 e. The number of thiocarbonyl (C=S) groups is 1. The van der Waals surface area contributed by atoms with Gasteiger partial charge in [-0.25, -0.2) is 4.39 Å². The number of hydrogen-bond acceptors (Lipinski definition) is 3. The summed E-state index contributed by atoms with van der Waals surface area (Å²) in [5, 5.41) is 7.52. The molecule has 0 aromatic heterocycles. The first-order valence-corrected chi connectivity index (χ1v) is 7.46. The van der Waals surface area contributed by atoms with Gasteiger partial charge in [-0.15, -0.1) is 0 Å². The third kappa shape index (κ3) is 5.67. The fourth-order valence-electron chi connectivity index (χ4n) is 1.92. The van der Waals surface area contributed by atoms with Gasteiger partial charge in [-0.05, 0) is 61.1 Å². The predicted octanol–water partition coefficient (Wildman–Crippen LogP) is 3.74. The predicted molar refractivity (Wildman–Crippen MR) is 95.6 cm³/mol. The fourth-order valence-corrected chi connectivity index (χ4v) is 2.08. The molecule has 0 heterocycles. The van der Waals surface area contributed by atoms with Crippen molar-refractivity contribution in [1.29, 1.82) is 0 Å². The molecule has 2 rings (SSSR count). The van der Waals surface area contributed by atoms with Crippen LogP contribution in [0.5, 0.6) is 5.75 Å². The van der Waals surface area contributed by atoms with Gasteiger partial charge in [0.05, 0.1) is 7.11 Å². The average molecular weight is 331 g/mol. The molecule has 23 heavy (non-hydrogen) atoms. The second kappa shape index (κ2) is 8.24. The van der Waals surface area contributed by atoms with E-state index in [1.165, 1.54) is 12.1 Å². The van der Waals surface area contributed by atoms with Crippen LogP contribution in [0.1, 0.15) is 12.5 Å². The number of nitrogens with zero attached hydrogens (tertiary/aromatic N) is 1. The molecular formula is C17H18FN3OS. The number of ether oxygens (including phenoxy) is 1. The average Bonchev–Trinajstić information content (AvgIpc) is 2.56. The van der Waals surface area contributed by atoms with Crippen LogP contribution < -0.4 is 15.5 Å². The van der Waals surface area contributed by atoms with Crippen LogP contribution in [-0.4, -0.2) is 17.9 Å². The number of hydrogen-bond donors (Lipinski definition) is 2. The van der Waals surface area contributed by atoms with E-state index in [1.54, 1.807) is 19.2 Å². The standard InChI is InChI=1S/C17H18FN3OS/c1-12(11-13-3-9-16(22-2)10-4-13)20-21-17(23)19-15-7-5-14(18)6-8-15/h3-10H,11H2,1-2H3,(H2,19,21,23)/b20-12-. The number of anilines is 1. The molecule has 2 aromatic rings. The molecule has 0 aliphatic carbocycles. The highest BCUT2D eigenvalue weighted by molar-refractivity contribution is 7.80. The quantitative estimate of drug-likeness (QED) is 0.498. The Labute approximate surface area is 140 Å². The number of rotatable bonds is 5. The van der Waals surface area contributed by atoms with Crippen LogP contribution in [-0.2, 0) is 6.42 Å². The zero-order chi connectivity index (χ0) is 16.7.